The molecule has 0 unspecified atom stereocenters. The zero-order chi connectivity index (χ0) is 19.1. The topological polar surface area (TPSA) is 67.9 Å². The number of hydrogen-bond donors (Lipinski definition) is 1. The van der Waals surface area contributed by atoms with E-state index in [0.717, 1.165) is 24.5 Å². The molecule has 1 aliphatic heterocycles. The average molecular weight is 368 g/mol. The minimum atomic E-state index is -0.170. The molecule has 6 nitrogen and oxygen atoms in total. The Labute approximate surface area is 159 Å². The first-order chi connectivity index (χ1) is 13.2. The molecule has 1 aliphatic rings. The monoisotopic (exact) mass is 368 g/mol. The first kappa shape index (κ1) is 18.9. The quantitative estimate of drug-likeness (QED) is 0.761. The standard InChI is InChI=1S/C21H24N2O4/c1-26-19-7-5-16(6-8-19)20(24)9-10-21(25)22-17-3-2-4-18(15-17)23-11-13-27-14-12-23/h2-8,15H,9-14H2,1H3,(H,22,25). The lowest BCUT2D eigenvalue weighted by atomic mass is 10.1. The Morgan fingerprint density at radius 3 is 2.52 bits per heavy atom. The smallest absolute Gasteiger partial charge is 0.224 e. The first-order valence-electron chi connectivity index (χ1n) is 9.05. The lowest BCUT2D eigenvalue weighted by Crippen LogP contribution is -2.36. The van der Waals surface area contributed by atoms with Crippen molar-refractivity contribution in [3.63, 3.8) is 0 Å². The maximum atomic E-state index is 12.2. The Kier molecular flexibility index (Phi) is 6.44. The first-order valence-corrected chi connectivity index (χ1v) is 9.05. The number of benzene rings is 2. The van der Waals surface area contributed by atoms with E-state index in [9.17, 15) is 9.59 Å². The van der Waals surface area contributed by atoms with E-state index >= 15 is 0 Å². The van der Waals surface area contributed by atoms with E-state index in [1.807, 2.05) is 24.3 Å². The fourth-order valence-electron chi connectivity index (χ4n) is 2.97. The number of methoxy groups -OCH3 is 1. The van der Waals surface area contributed by atoms with Crippen molar-refractivity contribution in [2.75, 3.05) is 43.6 Å². The van der Waals surface area contributed by atoms with Gasteiger partial charge in [0.05, 0.1) is 20.3 Å². The van der Waals surface area contributed by atoms with Gasteiger partial charge in [0, 0.05) is 42.9 Å². The van der Waals surface area contributed by atoms with Crippen LogP contribution < -0.4 is 15.0 Å². The van der Waals surface area contributed by atoms with Gasteiger partial charge < -0.3 is 19.7 Å². The summed E-state index contributed by atoms with van der Waals surface area (Å²) in [4.78, 5) is 26.7. The summed E-state index contributed by atoms with van der Waals surface area (Å²) < 4.78 is 10.5. The Hall–Kier alpha value is -2.86. The molecule has 0 spiro atoms. The summed E-state index contributed by atoms with van der Waals surface area (Å²) in [6.45, 7) is 3.11. The van der Waals surface area contributed by atoms with Crippen molar-refractivity contribution in [2.45, 2.75) is 12.8 Å². The summed E-state index contributed by atoms with van der Waals surface area (Å²) in [5.41, 5.74) is 2.38. The van der Waals surface area contributed by atoms with E-state index in [4.69, 9.17) is 9.47 Å². The molecule has 27 heavy (non-hydrogen) atoms. The van der Waals surface area contributed by atoms with Crippen molar-refractivity contribution < 1.29 is 19.1 Å². The Morgan fingerprint density at radius 2 is 1.81 bits per heavy atom. The van der Waals surface area contributed by atoms with Crippen LogP contribution in [-0.2, 0) is 9.53 Å². The van der Waals surface area contributed by atoms with Crippen LogP contribution >= 0.6 is 0 Å². The van der Waals surface area contributed by atoms with Gasteiger partial charge in [-0.25, -0.2) is 0 Å². The summed E-state index contributed by atoms with van der Waals surface area (Å²) >= 11 is 0. The van der Waals surface area contributed by atoms with Crippen molar-refractivity contribution in [3.8, 4) is 5.75 Å². The summed E-state index contributed by atoms with van der Waals surface area (Å²) in [7, 11) is 1.58. The van der Waals surface area contributed by atoms with Crippen LogP contribution in [0, 0.1) is 0 Å². The predicted molar refractivity (Wildman–Crippen MR) is 105 cm³/mol. The maximum absolute atomic E-state index is 12.2. The van der Waals surface area contributed by atoms with Gasteiger partial charge >= 0.3 is 0 Å². The van der Waals surface area contributed by atoms with Crippen molar-refractivity contribution in [1.29, 1.82) is 0 Å². The molecule has 0 aliphatic carbocycles. The van der Waals surface area contributed by atoms with Gasteiger partial charge in [0.25, 0.3) is 0 Å². The maximum Gasteiger partial charge on any atom is 0.224 e. The number of anilines is 2. The van der Waals surface area contributed by atoms with Gasteiger partial charge in [-0.3, -0.25) is 9.59 Å². The van der Waals surface area contributed by atoms with Crippen LogP contribution in [0.15, 0.2) is 48.5 Å². The van der Waals surface area contributed by atoms with Gasteiger partial charge in [-0.05, 0) is 42.5 Å². The molecule has 0 atom stereocenters. The van der Waals surface area contributed by atoms with E-state index < -0.39 is 0 Å². The normalized spacial score (nSPS) is 13.9. The lowest BCUT2D eigenvalue weighted by molar-refractivity contribution is -0.116. The molecule has 1 saturated heterocycles. The number of morpholine rings is 1. The second-order valence-electron chi connectivity index (χ2n) is 6.35. The largest absolute Gasteiger partial charge is 0.497 e. The molecule has 1 amide bonds. The summed E-state index contributed by atoms with van der Waals surface area (Å²) in [6.07, 6.45) is 0.313. The van der Waals surface area contributed by atoms with E-state index in [1.54, 1.807) is 31.4 Å². The van der Waals surface area contributed by atoms with Crippen LogP contribution in [0.1, 0.15) is 23.2 Å². The SMILES string of the molecule is COc1ccc(C(=O)CCC(=O)Nc2cccc(N3CCOCC3)c2)cc1. The van der Waals surface area contributed by atoms with Gasteiger partial charge in [-0.15, -0.1) is 0 Å². The predicted octanol–water partition coefficient (Wildman–Crippen LogP) is 3.13. The number of ether oxygens (including phenoxy) is 2. The van der Waals surface area contributed by atoms with Crippen molar-refractivity contribution in [3.05, 3.63) is 54.1 Å². The molecule has 2 aromatic rings. The second kappa shape index (κ2) is 9.19. The molecule has 3 rings (SSSR count). The highest BCUT2D eigenvalue weighted by atomic mass is 16.5. The van der Waals surface area contributed by atoms with Crippen LogP contribution in [0.5, 0.6) is 5.75 Å². The third-order valence-corrected chi connectivity index (χ3v) is 4.50. The van der Waals surface area contributed by atoms with Gasteiger partial charge in [0.2, 0.25) is 5.91 Å². The van der Waals surface area contributed by atoms with Gasteiger partial charge in [-0.2, -0.15) is 0 Å². The molecule has 0 saturated carbocycles. The summed E-state index contributed by atoms with van der Waals surface area (Å²) in [5.74, 6) is 0.468. The number of Topliss-reactive ketones (excluding diaryl/α,β-unsaturated/α-hetero) is 1. The number of carbonyl (C=O) groups is 2. The van der Waals surface area contributed by atoms with Gasteiger partial charge in [0.15, 0.2) is 5.78 Å². The number of nitrogens with zero attached hydrogens (tertiary/aromatic N) is 1. The number of ketones is 1. The lowest BCUT2D eigenvalue weighted by Gasteiger charge is -2.29. The highest BCUT2D eigenvalue weighted by molar-refractivity contribution is 6.00. The van der Waals surface area contributed by atoms with Crippen LogP contribution in [0.3, 0.4) is 0 Å². The van der Waals surface area contributed by atoms with Crippen LogP contribution in [0.2, 0.25) is 0 Å². The zero-order valence-electron chi connectivity index (χ0n) is 15.4. The molecule has 1 N–H and O–H groups in total. The zero-order valence-corrected chi connectivity index (χ0v) is 15.4. The summed E-state index contributed by atoms with van der Waals surface area (Å²) in [5, 5.41) is 2.88. The molecule has 1 fully saturated rings. The highest BCUT2D eigenvalue weighted by Crippen LogP contribution is 2.21. The van der Waals surface area contributed by atoms with E-state index in [1.165, 1.54) is 0 Å². The Bertz CT molecular complexity index is 783. The third-order valence-electron chi connectivity index (χ3n) is 4.50. The Morgan fingerprint density at radius 1 is 1.07 bits per heavy atom. The van der Waals surface area contributed by atoms with Crippen LogP contribution in [0.25, 0.3) is 0 Å². The van der Waals surface area contributed by atoms with Crippen LogP contribution in [-0.4, -0.2) is 45.1 Å². The minimum absolute atomic E-state index is 0.0603. The molecule has 6 heteroatoms. The molecule has 1 heterocycles. The number of hydrogen-bond acceptors (Lipinski definition) is 5. The molecular formula is C21H24N2O4. The molecule has 142 valence electrons. The third kappa shape index (κ3) is 5.31. The highest BCUT2D eigenvalue weighted by Gasteiger charge is 2.13. The fraction of sp³-hybridized carbons (Fsp3) is 0.333. The van der Waals surface area contributed by atoms with Gasteiger partial charge in [-0.1, -0.05) is 6.07 Å². The molecule has 0 bridgehead atoms. The fourth-order valence-corrected chi connectivity index (χ4v) is 2.97. The van der Waals surface area contributed by atoms with Crippen molar-refractivity contribution >= 4 is 23.1 Å². The molecular weight excluding hydrogens is 344 g/mol. The average Bonchev–Trinajstić information content (AvgIpc) is 2.73. The van der Waals surface area contributed by atoms with Crippen molar-refractivity contribution in [2.24, 2.45) is 0 Å². The number of rotatable bonds is 7. The Balaban J connectivity index is 1.52. The molecule has 0 radical (unpaired) electrons. The van der Waals surface area contributed by atoms with Crippen LogP contribution in [0.4, 0.5) is 11.4 Å². The molecule has 0 aromatic heterocycles. The minimum Gasteiger partial charge on any atom is -0.497 e. The van der Waals surface area contributed by atoms with E-state index in [0.29, 0.717) is 24.5 Å². The number of carbonyl (C=O) groups excluding carboxylic acids is 2. The van der Waals surface area contributed by atoms with E-state index in [2.05, 4.69) is 10.2 Å². The van der Waals surface area contributed by atoms with E-state index in [-0.39, 0.29) is 24.5 Å². The van der Waals surface area contributed by atoms with Gasteiger partial charge in [0.1, 0.15) is 5.75 Å². The summed E-state index contributed by atoms with van der Waals surface area (Å²) in [6, 6.07) is 14.7. The van der Waals surface area contributed by atoms with Crippen molar-refractivity contribution in [1.82, 2.24) is 0 Å². The molecule has 2 aromatic carbocycles. The second-order valence-corrected chi connectivity index (χ2v) is 6.35. The number of nitrogens with one attached hydrogen (secondary N) is 1. The number of amides is 1.